The lowest BCUT2D eigenvalue weighted by atomic mass is 9.88. The van der Waals surface area contributed by atoms with Crippen LogP contribution in [0.5, 0.6) is 0 Å². The van der Waals surface area contributed by atoms with Gasteiger partial charge >= 0.3 is 0 Å². The van der Waals surface area contributed by atoms with Crippen LogP contribution < -0.4 is 0 Å². The number of hydrogen-bond donors (Lipinski definition) is 0. The molecule has 3 aromatic rings. The van der Waals surface area contributed by atoms with E-state index in [-0.39, 0.29) is 11.7 Å². The van der Waals surface area contributed by atoms with Crippen molar-refractivity contribution in [3.63, 3.8) is 0 Å². The van der Waals surface area contributed by atoms with E-state index >= 15 is 0 Å². The van der Waals surface area contributed by atoms with Gasteiger partial charge in [0, 0.05) is 31.1 Å². The highest BCUT2D eigenvalue weighted by molar-refractivity contribution is 5.79. The summed E-state index contributed by atoms with van der Waals surface area (Å²) >= 11 is 0. The highest BCUT2D eigenvalue weighted by Gasteiger charge is 2.31. The van der Waals surface area contributed by atoms with E-state index in [1.807, 2.05) is 30.3 Å². The lowest BCUT2D eigenvalue weighted by Gasteiger charge is -2.37. The van der Waals surface area contributed by atoms with Gasteiger partial charge in [-0.05, 0) is 67.4 Å². The lowest BCUT2D eigenvalue weighted by Crippen LogP contribution is -2.45. The Balaban J connectivity index is 1.15. The average Bonchev–Trinajstić information content (AvgIpc) is 2.90. The highest BCUT2D eigenvalue weighted by Crippen LogP contribution is 2.31. The van der Waals surface area contributed by atoms with Crippen LogP contribution in [0.3, 0.4) is 0 Å². The number of benzene rings is 3. The molecule has 0 N–H and O–H groups in total. The van der Waals surface area contributed by atoms with E-state index < -0.39 is 0 Å². The molecule has 0 aromatic heterocycles. The first kappa shape index (κ1) is 22.8. The molecule has 3 nitrogen and oxygen atoms in total. The van der Waals surface area contributed by atoms with Crippen LogP contribution in [0.25, 0.3) is 11.1 Å². The number of amides is 1. The first-order valence-corrected chi connectivity index (χ1v) is 12.6. The maximum absolute atomic E-state index is 14.4. The van der Waals surface area contributed by atoms with Crippen LogP contribution in [0.15, 0.2) is 78.9 Å². The number of piperidine rings is 2. The van der Waals surface area contributed by atoms with E-state index in [1.165, 1.54) is 11.6 Å². The molecule has 2 saturated heterocycles. The zero-order valence-electron chi connectivity index (χ0n) is 19.7. The van der Waals surface area contributed by atoms with E-state index in [0.717, 1.165) is 69.5 Å². The van der Waals surface area contributed by atoms with Crippen LogP contribution >= 0.6 is 0 Å². The van der Waals surface area contributed by atoms with Crippen molar-refractivity contribution in [2.45, 2.75) is 38.1 Å². The molecule has 0 unspecified atom stereocenters. The molecule has 2 fully saturated rings. The lowest BCUT2D eigenvalue weighted by molar-refractivity contribution is -0.138. The van der Waals surface area contributed by atoms with Gasteiger partial charge in [0.1, 0.15) is 5.82 Å². The first-order valence-electron chi connectivity index (χ1n) is 12.6. The van der Waals surface area contributed by atoms with Crippen LogP contribution in [0.4, 0.5) is 4.39 Å². The third kappa shape index (κ3) is 5.07. The molecule has 2 aliphatic heterocycles. The topological polar surface area (TPSA) is 23.6 Å². The Labute approximate surface area is 202 Å². The van der Waals surface area contributed by atoms with Crippen molar-refractivity contribution in [2.75, 3.05) is 26.2 Å². The van der Waals surface area contributed by atoms with Crippen molar-refractivity contribution in [1.29, 1.82) is 0 Å². The Bertz CT molecular complexity index is 1100. The predicted molar refractivity (Wildman–Crippen MR) is 135 cm³/mol. The Morgan fingerprint density at radius 3 is 2.06 bits per heavy atom. The van der Waals surface area contributed by atoms with E-state index in [9.17, 15) is 9.18 Å². The largest absolute Gasteiger partial charge is 0.342 e. The summed E-state index contributed by atoms with van der Waals surface area (Å²) in [5, 5.41) is 0. The molecule has 5 rings (SSSR count). The fourth-order valence-corrected chi connectivity index (χ4v) is 5.60. The normalized spacial score (nSPS) is 18.2. The van der Waals surface area contributed by atoms with Crippen molar-refractivity contribution in [2.24, 2.45) is 5.92 Å². The molecule has 0 bridgehead atoms. The molecule has 0 saturated carbocycles. The summed E-state index contributed by atoms with van der Waals surface area (Å²) in [4.78, 5) is 17.7. The smallest absolute Gasteiger partial charge is 0.225 e. The van der Waals surface area contributed by atoms with Crippen LogP contribution in [0.1, 0.15) is 42.7 Å². The van der Waals surface area contributed by atoms with Gasteiger partial charge in [-0.25, -0.2) is 4.39 Å². The summed E-state index contributed by atoms with van der Waals surface area (Å²) in [6.07, 6.45) is 3.92. The minimum atomic E-state index is -0.185. The second kappa shape index (κ2) is 10.5. The number of carbonyl (C=O) groups is 1. The van der Waals surface area contributed by atoms with Gasteiger partial charge in [0.15, 0.2) is 0 Å². The van der Waals surface area contributed by atoms with Crippen LogP contribution in [0, 0.1) is 11.7 Å². The number of rotatable bonds is 5. The summed E-state index contributed by atoms with van der Waals surface area (Å²) in [7, 11) is 0. The van der Waals surface area contributed by atoms with Crippen molar-refractivity contribution in [3.8, 4) is 11.1 Å². The minimum absolute atomic E-state index is 0.131. The van der Waals surface area contributed by atoms with Gasteiger partial charge in [0.2, 0.25) is 5.91 Å². The number of nitrogens with zero attached hydrogens (tertiary/aromatic N) is 2. The SMILES string of the molecule is O=C(C1CCN(Cc2ccccc2-c2ccccc2F)CC1)N1CCC(c2ccccc2)CC1. The number of halogens is 1. The fraction of sp³-hybridized carbons (Fsp3) is 0.367. The molecule has 176 valence electrons. The van der Waals surface area contributed by atoms with Gasteiger partial charge in [-0.3, -0.25) is 9.69 Å². The monoisotopic (exact) mass is 456 g/mol. The summed E-state index contributed by atoms with van der Waals surface area (Å²) < 4.78 is 14.4. The van der Waals surface area contributed by atoms with Gasteiger partial charge < -0.3 is 4.90 Å². The maximum atomic E-state index is 14.4. The Morgan fingerprint density at radius 2 is 1.35 bits per heavy atom. The molecule has 4 heteroatoms. The second-order valence-electron chi connectivity index (χ2n) is 9.70. The third-order valence-corrected chi connectivity index (χ3v) is 7.59. The molecule has 2 heterocycles. The quantitative estimate of drug-likeness (QED) is 0.462. The summed E-state index contributed by atoms with van der Waals surface area (Å²) in [6.45, 7) is 4.34. The average molecular weight is 457 g/mol. The van der Waals surface area contributed by atoms with E-state index in [2.05, 4.69) is 46.2 Å². The third-order valence-electron chi connectivity index (χ3n) is 7.59. The molecule has 0 atom stereocenters. The predicted octanol–water partition coefficient (Wildman–Crippen LogP) is 6.11. The van der Waals surface area contributed by atoms with Gasteiger partial charge in [-0.15, -0.1) is 0 Å². The fourth-order valence-electron chi connectivity index (χ4n) is 5.60. The van der Waals surface area contributed by atoms with Crippen molar-refractivity contribution >= 4 is 5.91 Å². The number of hydrogen-bond acceptors (Lipinski definition) is 2. The summed E-state index contributed by atoms with van der Waals surface area (Å²) in [5.74, 6) is 0.862. The number of likely N-dealkylation sites (tertiary alicyclic amines) is 2. The molecule has 1 amide bonds. The molecule has 2 aliphatic rings. The van der Waals surface area contributed by atoms with Crippen LogP contribution in [0.2, 0.25) is 0 Å². The molecule has 3 aromatic carbocycles. The van der Waals surface area contributed by atoms with E-state index in [4.69, 9.17) is 0 Å². The molecular formula is C30H33FN2O. The zero-order chi connectivity index (χ0) is 23.3. The Morgan fingerprint density at radius 1 is 0.735 bits per heavy atom. The molecule has 0 spiro atoms. The minimum Gasteiger partial charge on any atom is -0.342 e. The standard InChI is InChI=1S/C30H33FN2O/c31-29-13-7-6-12-28(29)27-11-5-4-10-26(27)22-32-18-14-25(15-19-32)30(34)33-20-16-24(17-21-33)23-8-2-1-3-9-23/h1-13,24-25H,14-22H2. The van der Waals surface area contributed by atoms with Crippen LogP contribution in [-0.4, -0.2) is 41.9 Å². The summed E-state index contributed by atoms with van der Waals surface area (Å²) in [6, 6.07) is 25.8. The van der Waals surface area contributed by atoms with Crippen LogP contribution in [-0.2, 0) is 11.3 Å². The highest BCUT2D eigenvalue weighted by atomic mass is 19.1. The zero-order valence-corrected chi connectivity index (χ0v) is 19.7. The molecule has 0 radical (unpaired) electrons. The second-order valence-corrected chi connectivity index (χ2v) is 9.70. The van der Waals surface area contributed by atoms with Crippen molar-refractivity contribution < 1.29 is 9.18 Å². The molecule has 34 heavy (non-hydrogen) atoms. The van der Waals surface area contributed by atoms with E-state index in [1.54, 1.807) is 6.07 Å². The molecule has 0 aliphatic carbocycles. The molecular weight excluding hydrogens is 423 g/mol. The summed E-state index contributed by atoms with van der Waals surface area (Å²) in [5.41, 5.74) is 4.15. The van der Waals surface area contributed by atoms with Crippen molar-refractivity contribution in [3.05, 3.63) is 95.8 Å². The van der Waals surface area contributed by atoms with Gasteiger partial charge in [-0.1, -0.05) is 72.8 Å². The van der Waals surface area contributed by atoms with E-state index in [0.29, 0.717) is 17.4 Å². The maximum Gasteiger partial charge on any atom is 0.225 e. The Hall–Kier alpha value is -2.98. The number of carbonyl (C=O) groups excluding carboxylic acids is 1. The first-order chi connectivity index (χ1) is 16.7. The van der Waals surface area contributed by atoms with Gasteiger partial charge in [-0.2, -0.15) is 0 Å². The Kier molecular flexibility index (Phi) is 7.05. The van der Waals surface area contributed by atoms with Crippen molar-refractivity contribution in [1.82, 2.24) is 9.80 Å². The van der Waals surface area contributed by atoms with Gasteiger partial charge in [0.25, 0.3) is 0 Å². The van der Waals surface area contributed by atoms with Gasteiger partial charge in [0.05, 0.1) is 0 Å².